The predicted octanol–water partition coefficient (Wildman–Crippen LogP) is 4.30. The van der Waals surface area contributed by atoms with E-state index >= 15 is 0 Å². The molecule has 2 atom stereocenters. The summed E-state index contributed by atoms with van der Waals surface area (Å²) in [6.45, 7) is 1.62. The van der Waals surface area contributed by atoms with Crippen molar-refractivity contribution in [2.24, 2.45) is 5.92 Å². The molecule has 0 spiro atoms. The van der Waals surface area contributed by atoms with Crippen LogP contribution in [0, 0.1) is 5.92 Å². The summed E-state index contributed by atoms with van der Waals surface area (Å²) < 4.78 is 6.30. The molecule has 1 saturated heterocycles. The van der Waals surface area contributed by atoms with Crippen LogP contribution in [0.4, 0.5) is 4.79 Å². The molecular formula is C20H27NO4S. The van der Waals surface area contributed by atoms with Gasteiger partial charge in [-0.3, -0.25) is 0 Å². The second kappa shape index (κ2) is 8.37. The van der Waals surface area contributed by atoms with Crippen molar-refractivity contribution >= 4 is 27.5 Å². The van der Waals surface area contributed by atoms with Crippen LogP contribution in [-0.4, -0.2) is 48.0 Å². The van der Waals surface area contributed by atoms with E-state index in [1.54, 1.807) is 18.4 Å². The minimum absolute atomic E-state index is 0.0806. The molecule has 1 unspecified atom stereocenters. The SMILES string of the molecule is COCCCC[C@@](O)(c1cc2ccccc2s1)C1CCCN(C(=O)O)C1. The molecule has 0 aliphatic carbocycles. The highest BCUT2D eigenvalue weighted by molar-refractivity contribution is 7.19. The van der Waals surface area contributed by atoms with Crippen LogP contribution in [-0.2, 0) is 10.3 Å². The van der Waals surface area contributed by atoms with Crippen molar-refractivity contribution in [2.45, 2.75) is 37.7 Å². The van der Waals surface area contributed by atoms with Crippen LogP contribution in [0.1, 0.15) is 37.0 Å². The molecule has 1 aliphatic rings. The Labute approximate surface area is 158 Å². The Morgan fingerprint density at radius 1 is 1.38 bits per heavy atom. The van der Waals surface area contributed by atoms with Gasteiger partial charge in [0.2, 0.25) is 0 Å². The number of benzene rings is 1. The van der Waals surface area contributed by atoms with Gasteiger partial charge in [-0.05, 0) is 49.6 Å². The van der Waals surface area contributed by atoms with Crippen molar-refractivity contribution < 1.29 is 19.7 Å². The molecule has 2 N–H and O–H groups in total. The zero-order valence-corrected chi connectivity index (χ0v) is 16.0. The zero-order chi connectivity index (χ0) is 18.6. The maximum Gasteiger partial charge on any atom is 0.407 e. The number of hydrogen-bond donors (Lipinski definition) is 2. The van der Waals surface area contributed by atoms with Crippen molar-refractivity contribution in [1.82, 2.24) is 4.90 Å². The number of aliphatic hydroxyl groups is 1. The van der Waals surface area contributed by atoms with E-state index in [2.05, 4.69) is 18.2 Å². The van der Waals surface area contributed by atoms with Crippen molar-refractivity contribution in [3.63, 3.8) is 0 Å². The molecule has 1 aliphatic heterocycles. The number of amides is 1. The van der Waals surface area contributed by atoms with E-state index in [0.717, 1.165) is 40.6 Å². The van der Waals surface area contributed by atoms with Gasteiger partial charge >= 0.3 is 6.09 Å². The van der Waals surface area contributed by atoms with E-state index < -0.39 is 11.7 Å². The quantitative estimate of drug-likeness (QED) is 0.706. The second-order valence-electron chi connectivity index (χ2n) is 7.09. The molecule has 0 bridgehead atoms. The normalized spacial score (nSPS) is 20.2. The number of fused-ring (bicyclic) bond motifs is 1. The molecule has 1 aromatic heterocycles. The van der Waals surface area contributed by atoms with Gasteiger partial charge in [-0.15, -0.1) is 11.3 Å². The van der Waals surface area contributed by atoms with Crippen molar-refractivity contribution in [1.29, 1.82) is 0 Å². The number of carboxylic acid groups (broad SMARTS) is 1. The average Bonchev–Trinajstić information content (AvgIpc) is 3.10. The van der Waals surface area contributed by atoms with Gasteiger partial charge < -0.3 is 19.8 Å². The van der Waals surface area contributed by atoms with Crippen LogP contribution in [0.3, 0.4) is 0 Å². The Hall–Kier alpha value is -1.63. The minimum atomic E-state index is -0.994. The lowest BCUT2D eigenvalue weighted by Gasteiger charge is -2.41. The highest BCUT2D eigenvalue weighted by Gasteiger charge is 2.42. The van der Waals surface area contributed by atoms with E-state index in [9.17, 15) is 15.0 Å². The lowest BCUT2D eigenvalue weighted by Crippen LogP contribution is -2.47. The maximum absolute atomic E-state index is 11.8. The van der Waals surface area contributed by atoms with Gasteiger partial charge in [0.25, 0.3) is 0 Å². The minimum Gasteiger partial charge on any atom is -0.465 e. The van der Waals surface area contributed by atoms with E-state index in [0.29, 0.717) is 26.1 Å². The third-order valence-corrected chi connectivity index (χ3v) is 6.66. The fraction of sp³-hybridized carbons (Fsp3) is 0.550. The molecule has 1 fully saturated rings. The van der Waals surface area contributed by atoms with E-state index in [4.69, 9.17) is 4.74 Å². The Kier molecular flexibility index (Phi) is 6.16. The summed E-state index contributed by atoms with van der Waals surface area (Å²) >= 11 is 1.62. The molecule has 5 nitrogen and oxygen atoms in total. The molecule has 3 rings (SSSR count). The lowest BCUT2D eigenvalue weighted by molar-refractivity contribution is -0.0556. The third kappa shape index (κ3) is 4.03. The number of ether oxygens (including phenoxy) is 1. The monoisotopic (exact) mass is 377 g/mol. The fourth-order valence-electron chi connectivity index (χ4n) is 3.91. The molecule has 142 valence electrons. The molecule has 26 heavy (non-hydrogen) atoms. The summed E-state index contributed by atoms with van der Waals surface area (Å²) in [4.78, 5) is 13.8. The number of carbonyl (C=O) groups is 1. The Bertz CT molecular complexity index is 713. The van der Waals surface area contributed by atoms with Crippen molar-refractivity contribution in [3.8, 4) is 0 Å². The first-order valence-corrected chi connectivity index (χ1v) is 10.0. The molecular weight excluding hydrogens is 350 g/mol. The first kappa shape index (κ1) is 19.1. The van der Waals surface area contributed by atoms with E-state index in [1.165, 1.54) is 4.90 Å². The van der Waals surface area contributed by atoms with Gasteiger partial charge in [-0.1, -0.05) is 18.2 Å². The number of thiophene rings is 1. The first-order valence-electron chi connectivity index (χ1n) is 9.23. The second-order valence-corrected chi connectivity index (χ2v) is 8.17. The summed E-state index contributed by atoms with van der Waals surface area (Å²) in [5.74, 6) is -0.0806. The van der Waals surface area contributed by atoms with Crippen LogP contribution in [0.15, 0.2) is 30.3 Å². The van der Waals surface area contributed by atoms with E-state index in [1.807, 2.05) is 12.1 Å². The number of likely N-dealkylation sites (tertiary alicyclic amines) is 1. The molecule has 1 amide bonds. The zero-order valence-electron chi connectivity index (χ0n) is 15.2. The van der Waals surface area contributed by atoms with E-state index in [-0.39, 0.29) is 5.92 Å². The lowest BCUT2D eigenvalue weighted by atomic mass is 9.77. The van der Waals surface area contributed by atoms with Gasteiger partial charge in [0.15, 0.2) is 0 Å². The maximum atomic E-state index is 11.8. The number of nitrogens with zero attached hydrogens (tertiary/aromatic N) is 1. The highest BCUT2D eigenvalue weighted by atomic mass is 32.1. The van der Waals surface area contributed by atoms with Crippen LogP contribution < -0.4 is 0 Å². The summed E-state index contributed by atoms with van der Waals surface area (Å²) in [5, 5.41) is 22.3. The average molecular weight is 378 g/mol. The largest absolute Gasteiger partial charge is 0.465 e. The van der Waals surface area contributed by atoms with Crippen molar-refractivity contribution in [2.75, 3.05) is 26.8 Å². The third-order valence-electron chi connectivity index (χ3n) is 5.38. The van der Waals surface area contributed by atoms with Gasteiger partial charge in [-0.25, -0.2) is 4.79 Å². The number of piperidine rings is 1. The van der Waals surface area contributed by atoms with Crippen LogP contribution >= 0.6 is 11.3 Å². The molecule has 6 heteroatoms. The molecule has 1 aromatic carbocycles. The Morgan fingerprint density at radius 3 is 2.92 bits per heavy atom. The first-order chi connectivity index (χ1) is 12.5. The number of rotatable bonds is 7. The Balaban J connectivity index is 1.89. The van der Waals surface area contributed by atoms with Crippen LogP contribution in [0.2, 0.25) is 0 Å². The molecule has 0 radical (unpaired) electrons. The number of hydrogen-bond acceptors (Lipinski definition) is 4. The van der Waals surface area contributed by atoms with Crippen molar-refractivity contribution in [3.05, 3.63) is 35.2 Å². The van der Waals surface area contributed by atoms with Gasteiger partial charge in [-0.2, -0.15) is 0 Å². The topological polar surface area (TPSA) is 70.0 Å². The van der Waals surface area contributed by atoms with Gasteiger partial charge in [0.1, 0.15) is 5.60 Å². The van der Waals surface area contributed by atoms with Crippen LogP contribution in [0.25, 0.3) is 10.1 Å². The fourth-order valence-corrected chi connectivity index (χ4v) is 5.17. The molecule has 0 saturated carbocycles. The summed E-state index contributed by atoms with van der Waals surface area (Å²) in [6.07, 6.45) is 3.11. The van der Waals surface area contributed by atoms with Gasteiger partial charge in [0.05, 0.1) is 0 Å². The summed E-state index contributed by atoms with van der Waals surface area (Å²) in [6, 6.07) is 10.2. The molecule has 2 aromatic rings. The smallest absolute Gasteiger partial charge is 0.407 e. The summed E-state index contributed by atoms with van der Waals surface area (Å²) in [7, 11) is 1.68. The van der Waals surface area contributed by atoms with Crippen LogP contribution in [0.5, 0.6) is 0 Å². The number of methoxy groups -OCH3 is 1. The Morgan fingerprint density at radius 2 is 2.19 bits per heavy atom. The highest BCUT2D eigenvalue weighted by Crippen LogP contribution is 2.44. The predicted molar refractivity (Wildman–Crippen MR) is 104 cm³/mol. The molecule has 2 heterocycles. The number of unbranched alkanes of at least 4 members (excludes halogenated alkanes) is 1. The summed E-state index contributed by atoms with van der Waals surface area (Å²) in [5.41, 5.74) is -0.994. The van der Waals surface area contributed by atoms with Gasteiger partial charge in [0, 0.05) is 42.3 Å². The standard InChI is InChI=1S/C20H27NO4S/c1-25-12-5-4-10-20(24,16-8-6-11-21(14-16)19(22)23)18-13-15-7-2-3-9-17(15)26-18/h2-3,7,9,13,16,24H,4-6,8,10-12,14H2,1H3,(H,22,23)/t16?,20-/m0/s1.